The van der Waals surface area contributed by atoms with Gasteiger partial charge in [-0.15, -0.1) is 0 Å². The third kappa shape index (κ3) is 6.66. The van der Waals surface area contributed by atoms with Crippen molar-refractivity contribution in [1.29, 1.82) is 0 Å². The second-order valence-electron chi connectivity index (χ2n) is 4.10. The average Bonchev–Trinajstić information content (AvgIpc) is 2.35. The van der Waals surface area contributed by atoms with Crippen molar-refractivity contribution < 1.29 is 9.53 Å². The lowest BCUT2D eigenvalue weighted by molar-refractivity contribution is -0.138. The molecule has 0 saturated carbocycles. The van der Waals surface area contributed by atoms with Crippen LogP contribution < -0.4 is 0 Å². The van der Waals surface area contributed by atoms with E-state index in [4.69, 9.17) is 4.74 Å². The van der Waals surface area contributed by atoms with Crippen molar-refractivity contribution in [2.45, 2.75) is 0 Å². The molecule has 0 unspecified atom stereocenters. The molecule has 0 aromatic heterocycles. The highest BCUT2D eigenvalue weighted by Gasteiger charge is 1.96. The Labute approximate surface area is 108 Å². The zero-order valence-corrected chi connectivity index (χ0v) is 10.9. The molecule has 0 fully saturated rings. The molecule has 0 heterocycles. The fraction of sp³-hybridized carbons (Fsp3) is 0.267. The molecule has 0 bridgehead atoms. The SMILES string of the molecule is CN(C)CCOC(=O)C=CC=Cc1ccccc1. The Balaban J connectivity index is 2.28. The first kappa shape index (κ1) is 14.2. The Bertz CT molecular complexity index is 408. The molecular weight excluding hydrogens is 226 g/mol. The lowest BCUT2D eigenvalue weighted by Gasteiger charge is -2.08. The minimum Gasteiger partial charge on any atom is -0.461 e. The third-order valence-corrected chi connectivity index (χ3v) is 2.21. The molecule has 0 amide bonds. The number of likely N-dealkylation sites (N-methyl/N-ethyl adjacent to an activating group) is 1. The number of carbonyl (C=O) groups is 1. The molecule has 1 aromatic rings. The van der Waals surface area contributed by atoms with Gasteiger partial charge in [-0.2, -0.15) is 0 Å². The fourth-order valence-corrected chi connectivity index (χ4v) is 1.24. The Kier molecular flexibility index (Phi) is 6.51. The molecule has 3 heteroatoms. The second kappa shape index (κ2) is 8.25. The van der Waals surface area contributed by atoms with E-state index in [9.17, 15) is 4.79 Å². The van der Waals surface area contributed by atoms with Gasteiger partial charge >= 0.3 is 5.97 Å². The molecule has 0 N–H and O–H groups in total. The van der Waals surface area contributed by atoms with Gasteiger partial charge in [0.05, 0.1) is 0 Å². The topological polar surface area (TPSA) is 29.5 Å². The Morgan fingerprint density at radius 3 is 2.61 bits per heavy atom. The van der Waals surface area contributed by atoms with Crippen molar-refractivity contribution in [3.05, 3.63) is 54.1 Å². The van der Waals surface area contributed by atoms with Crippen LogP contribution in [0.1, 0.15) is 5.56 Å². The van der Waals surface area contributed by atoms with E-state index in [1.165, 1.54) is 6.08 Å². The number of allylic oxidation sites excluding steroid dienone is 2. The van der Waals surface area contributed by atoms with Crippen LogP contribution in [0.25, 0.3) is 6.08 Å². The summed E-state index contributed by atoms with van der Waals surface area (Å²) in [5, 5.41) is 0. The Hall–Kier alpha value is -1.87. The van der Waals surface area contributed by atoms with Gasteiger partial charge in [-0.1, -0.05) is 48.6 Å². The maximum absolute atomic E-state index is 11.3. The summed E-state index contributed by atoms with van der Waals surface area (Å²) in [5.74, 6) is -0.311. The number of esters is 1. The normalized spacial score (nSPS) is 11.5. The van der Waals surface area contributed by atoms with E-state index < -0.39 is 0 Å². The van der Waals surface area contributed by atoms with Gasteiger partial charge in [0.25, 0.3) is 0 Å². The number of hydrogen-bond acceptors (Lipinski definition) is 3. The van der Waals surface area contributed by atoms with Crippen LogP contribution in [0.2, 0.25) is 0 Å². The fourth-order valence-electron chi connectivity index (χ4n) is 1.24. The summed E-state index contributed by atoms with van der Waals surface area (Å²) in [4.78, 5) is 13.2. The van der Waals surface area contributed by atoms with Gasteiger partial charge in [0.1, 0.15) is 6.61 Å². The van der Waals surface area contributed by atoms with Crippen LogP contribution in [-0.2, 0) is 9.53 Å². The molecule has 0 radical (unpaired) electrons. The summed E-state index contributed by atoms with van der Waals surface area (Å²) in [5.41, 5.74) is 1.10. The van der Waals surface area contributed by atoms with Crippen LogP contribution in [-0.4, -0.2) is 38.1 Å². The minimum atomic E-state index is -0.311. The van der Waals surface area contributed by atoms with E-state index in [1.54, 1.807) is 6.08 Å². The highest BCUT2D eigenvalue weighted by atomic mass is 16.5. The zero-order valence-electron chi connectivity index (χ0n) is 10.9. The van der Waals surface area contributed by atoms with Crippen molar-refractivity contribution in [1.82, 2.24) is 4.90 Å². The van der Waals surface area contributed by atoms with E-state index in [0.717, 1.165) is 12.1 Å². The zero-order chi connectivity index (χ0) is 13.2. The summed E-state index contributed by atoms with van der Waals surface area (Å²) >= 11 is 0. The standard InChI is InChI=1S/C15H19NO2/c1-16(2)12-13-18-15(17)11-7-6-10-14-8-4-3-5-9-14/h3-11H,12-13H2,1-2H3. The summed E-state index contributed by atoms with van der Waals surface area (Å²) < 4.78 is 5.00. The third-order valence-electron chi connectivity index (χ3n) is 2.21. The van der Waals surface area contributed by atoms with E-state index >= 15 is 0 Å². The van der Waals surface area contributed by atoms with Crippen LogP contribution >= 0.6 is 0 Å². The maximum atomic E-state index is 11.3. The van der Waals surface area contributed by atoms with Crippen molar-refractivity contribution in [3.63, 3.8) is 0 Å². The van der Waals surface area contributed by atoms with Crippen molar-refractivity contribution in [2.24, 2.45) is 0 Å². The van der Waals surface area contributed by atoms with Gasteiger partial charge in [-0.3, -0.25) is 0 Å². The predicted molar refractivity (Wildman–Crippen MR) is 74.1 cm³/mol. The lowest BCUT2D eigenvalue weighted by Crippen LogP contribution is -2.19. The molecule has 1 rings (SSSR count). The van der Waals surface area contributed by atoms with Gasteiger partial charge in [0, 0.05) is 12.6 Å². The number of ether oxygens (including phenoxy) is 1. The van der Waals surface area contributed by atoms with E-state index in [0.29, 0.717) is 6.61 Å². The molecule has 0 aliphatic carbocycles. The van der Waals surface area contributed by atoms with Crippen LogP contribution in [0.4, 0.5) is 0 Å². The van der Waals surface area contributed by atoms with Gasteiger partial charge in [0.15, 0.2) is 0 Å². The van der Waals surface area contributed by atoms with E-state index in [2.05, 4.69) is 0 Å². The molecule has 3 nitrogen and oxygen atoms in total. The summed E-state index contributed by atoms with van der Waals surface area (Å²) in [6, 6.07) is 9.91. The van der Waals surface area contributed by atoms with Gasteiger partial charge < -0.3 is 9.64 Å². The highest BCUT2D eigenvalue weighted by molar-refractivity contribution is 5.82. The van der Waals surface area contributed by atoms with Crippen molar-refractivity contribution in [2.75, 3.05) is 27.2 Å². The van der Waals surface area contributed by atoms with E-state index in [1.807, 2.05) is 61.5 Å². The quantitative estimate of drug-likeness (QED) is 0.438. The van der Waals surface area contributed by atoms with Crippen LogP contribution in [0, 0.1) is 0 Å². The minimum absolute atomic E-state index is 0.311. The van der Waals surface area contributed by atoms with Crippen LogP contribution in [0.5, 0.6) is 0 Å². The summed E-state index contributed by atoms with van der Waals surface area (Å²) in [6.45, 7) is 1.15. The molecule has 1 aromatic carbocycles. The molecule has 0 saturated heterocycles. The Morgan fingerprint density at radius 1 is 1.22 bits per heavy atom. The number of rotatable bonds is 6. The number of nitrogens with zero attached hydrogens (tertiary/aromatic N) is 1. The maximum Gasteiger partial charge on any atom is 0.330 e. The lowest BCUT2D eigenvalue weighted by atomic mass is 10.2. The van der Waals surface area contributed by atoms with Crippen molar-refractivity contribution >= 4 is 12.0 Å². The predicted octanol–water partition coefficient (Wildman–Crippen LogP) is 2.36. The van der Waals surface area contributed by atoms with Gasteiger partial charge in [-0.25, -0.2) is 4.79 Å². The second-order valence-corrected chi connectivity index (χ2v) is 4.10. The van der Waals surface area contributed by atoms with E-state index in [-0.39, 0.29) is 5.97 Å². The molecule has 0 atom stereocenters. The number of hydrogen-bond donors (Lipinski definition) is 0. The van der Waals surface area contributed by atoms with Gasteiger partial charge in [-0.05, 0) is 19.7 Å². The molecule has 0 aliphatic heterocycles. The Morgan fingerprint density at radius 2 is 1.94 bits per heavy atom. The monoisotopic (exact) mass is 245 g/mol. The summed E-state index contributed by atoms with van der Waals surface area (Å²) in [6.07, 6.45) is 6.87. The molecule has 0 aliphatic rings. The first-order chi connectivity index (χ1) is 8.68. The number of carbonyl (C=O) groups excluding carboxylic acids is 1. The largest absolute Gasteiger partial charge is 0.461 e. The van der Waals surface area contributed by atoms with Crippen LogP contribution in [0.3, 0.4) is 0 Å². The molecule has 96 valence electrons. The first-order valence-electron chi connectivity index (χ1n) is 5.90. The number of benzene rings is 1. The molecular formula is C15H19NO2. The van der Waals surface area contributed by atoms with Crippen LogP contribution in [0.15, 0.2) is 48.6 Å². The molecule has 0 spiro atoms. The molecule has 18 heavy (non-hydrogen) atoms. The van der Waals surface area contributed by atoms with Crippen molar-refractivity contribution in [3.8, 4) is 0 Å². The smallest absolute Gasteiger partial charge is 0.330 e. The van der Waals surface area contributed by atoms with Gasteiger partial charge in [0.2, 0.25) is 0 Å². The summed E-state index contributed by atoms with van der Waals surface area (Å²) in [7, 11) is 3.87. The average molecular weight is 245 g/mol. The highest BCUT2D eigenvalue weighted by Crippen LogP contribution is 2.00. The first-order valence-corrected chi connectivity index (χ1v) is 5.90.